The first-order chi connectivity index (χ1) is 16.1. The predicted molar refractivity (Wildman–Crippen MR) is 129 cm³/mol. The van der Waals surface area contributed by atoms with Gasteiger partial charge in [0.25, 0.3) is 0 Å². The van der Waals surface area contributed by atoms with Gasteiger partial charge in [-0.15, -0.1) is 0 Å². The van der Waals surface area contributed by atoms with Crippen molar-refractivity contribution < 1.29 is 22.0 Å². The van der Waals surface area contributed by atoms with Crippen molar-refractivity contribution in [1.29, 1.82) is 0 Å². The molecule has 4 rings (SSSR count). The minimum atomic E-state index is -4.55. The van der Waals surface area contributed by atoms with Gasteiger partial charge in [0.2, 0.25) is 0 Å². The standard InChI is InChI=1S/C25H19F4NO2.C2H6/c1-4-5-8-18-15(3)32-24(31)23-22(18)19-12-17(25(27,28)29)10-11-21(19)30(23)13-16-7-6-9-20(26)14(16)2;1-2/h4-12H,3,13H2,1-2H3;1-2H3/b5-4-,18-8+;. The molecule has 34 heavy (non-hydrogen) atoms. The Morgan fingerprint density at radius 3 is 2.50 bits per heavy atom. The van der Waals surface area contributed by atoms with Gasteiger partial charge in [0.1, 0.15) is 16.7 Å². The summed E-state index contributed by atoms with van der Waals surface area (Å²) in [7, 11) is 0. The zero-order valence-electron chi connectivity index (χ0n) is 19.4. The maximum Gasteiger partial charge on any atom is 0.416 e. The molecule has 0 unspecified atom stereocenters. The van der Waals surface area contributed by atoms with E-state index in [1.165, 1.54) is 12.1 Å². The van der Waals surface area contributed by atoms with Gasteiger partial charge in [-0.3, -0.25) is 0 Å². The lowest BCUT2D eigenvalue weighted by Crippen LogP contribution is -2.29. The third-order valence-corrected chi connectivity index (χ3v) is 5.53. The fraction of sp³-hybridized carbons (Fsp3) is 0.222. The van der Waals surface area contributed by atoms with E-state index in [0.717, 1.165) is 12.1 Å². The topological polar surface area (TPSA) is 35.1 Å². The van der Waals surface area contributed by atoms with Crippen molar-refractivity contribution in [2.24, 2.45) is 0 Å². The molecule has 2 aromatic carbocycles. The molecule has 0 spiro atoms. The molecular weight excluding hydrogens is 446 g/mol. The van der Waals surface area contributed by atoms with Crippen LogP contribution in [0.25, 0.3) is 34.5 Å². The first-order valence-electron chi connectivity index (χ1n) is 10.9. The van der Waals surface area contributed by atoms with Crippen LogP contribution in [0, 0.1) is 12.7 Å². The highest BCUT2D eigenvalue weighted by Crippen LogP contribution is 2.34. The molecule has 2 aromatic heterocycles. The fourth-order valence-corrected chi connectivity index (χ4v) is 3.90. The van der Waals surface area contributed by atoms with Crippen molar-refractivity contribution in [2.45, 2.75) is 40.4 Å². The van der Waals surface area contributed by atoms with E-state index in [1.54, 1.807) is 48.8 Å². The Hall–Kier alpha value is -3.61. The van der Waals surface area contributed by atoms with Gasteiger partial charge in [-0.25, -0.2) is 9.18 Å². The second-order valence-electron chi connectivity index (χ2n) is 7.48. The summed E-state index contributed by atoms with van der Waals surface area (Å²) in [5.41, 5.74) is 0.00662. The van der Waals surface area contributed by atoms with Gasteiger partial charge in [-0.1, -0.05) is 50.8 Å². The van der Waals surface area contributed by atoms with Crippen molar-refractivity contribution in [3.8, 4) is 0 Å². The van der Waals surface area contributed by atoms with Crippen LogP contribution < -0.4 is 16.3 Å². The van der Waals surface area contributed by atoms with Gasteiger partial charge < -0.3 is 8.98 Å². The molecular formula is C27H25F4NO2. The van der Waals surface area contributed by atoms with E-state index in [9.17, 15) is 22.4 Å². The highest BCUT2D eigenvalue weighted by atomic mass is 19.4. The van der Waals surface area contributed by atoms with Crippen LogP contribution in [0.2, 0.25) is 0 Å². The molecule has 0 atom stereocenters. The summed E-state index contributed by atoms with van der Waals surface area (Å²) in [6.07, 6.45) is 0.524. The summed E-state index contributed by atoms with van der Waals surface area (Å²) in [5, 5.41) is 0.980. The van der Waals surface area contributed by atoms with E-state index in [-0.39, 0.29) is 22.9 Å². The first-order valence-corrected chi connectivity index (χ1v) is 10.9. The lowest BCUT2D eigenvalue weighted by atomic mass is 10.1. The van der Waals surface area contributed by atoms with Crippen molar-refractivity contribution in [2.75, 3.05) is 0 Å². The highest BCUT2D eigenvalue weighted by molar-refractivity contribution is 6.08. The fourth-order valence-electron chi connectivity index (χ4n) is 3.90. The molecule has 0 aliphatic heterocycles. The smallest absolute Gasteiger partial charge is 0.416 e. The zero-order valence-corrected chi connectivity index (χ0v) is 19.4. The molecule has 0 saturated heterocycles. The Balaban J connectivity index is 0.00000158. The van der Waals surface area contributed by atoms with Gasteiger partial charge in [-0.05, 0) is 49.2 Å². The summed E-state index contributed by atoms with van der Waals surface area (Å²) < 4.78 is 61.4. The molecule has 4 aromatic rings. The summed E-state index contributed by atoms with van der Waals surface area (Å²) >= 11 is 0. The molecule has 0 fully saturated rings. The number of alkyl halides is 3. The lowest BCUT2D eigenvalue weighted by molar-refractivity contribution is -0.137. The van der Waals surface area contributed by atoms with Gasteiger partial charge in [0.15, 0.2) is 0 Å². The van der Waals surface area contributed by atoms with Crippen LogP contribution in [0.5, 0.6) is 0 Å². The number of hydrogen-bond acceptors (Lipinski definition) is 2. The maximum absolute atomic E-state index is 14.1. The minimum Gasteiger partial charge on any atom is -0.422 e. The van der Waals surface area contributed by atoms with Crippen molar-refractivity contribution in [3.05, 3.63) is 92.1 Å². The molecule has 0 radical (unpaired) electrons. The van der Waals surface area contributed by atoms with Gasteiger partial charge in [-0.2, -0.15) is 13.2 Å². The van der Waals surface area contributed by atoms with Crippen molar-refractivity contribution in [3.63, 3.8) is 0 Å². The van der Waals surface area contributed by atoms with E-state index in [4.69, 9.17) is 4.42 Å². The zero-order chi connectivity index (χ0) is 25.2. The SMILES string of the molecule is C=c1oc(=O)c2c(/c1=C/C=C\C)c1cc(C(F)(F)F)ccc1n2Cc1cccc(F)c1C.CC. The number of hydrogen-bond donors (Lipinski definition) is 0. The minimum absolute atomic E-state index is 0.0546. The summed E-state index contributed by atoms with van der Waals surface area (Å²) in [6.45, 7) is 11.2. The quantitative estimate of drug-likeness (QED) is 0.341. The van der Waals surface area contributed by atoms with E-state index < -0.39 is 23.2 Å². The third kappa shape index (κ3) is 4.42. The van der Waals surface area contributed by atoms with Gasteiger partial charge in [0, 0.05) is 28.1 Å². The Morgan fingerprint density at radius 2 is 1.85 bits per heavy atom. The van der Waals surface area contributed by atoms with Crippen LogP contribution >= 0.6 is 0 Å². The van der Waals surface area contributed by atoms with Crippen LogP contribution in [-0.2, 0) is 12.7 Å². The molecule has 0 aliphatic rings. The largest absolute Gasteiger partial charge is 0.422 e. The highest BCUT2D eigenvalue weighted by Gasteiger charge is 2.31. The molecule has 2 heterocycles. The average molecular weight is 471 g/mol. The molecule has 178 valence electrons. The number of rotatable bonds is 3. The molecule has 0 aliphatic carbocycles. The summed E-state index contributed by atoms with van der Waals surface area (Å²) in [6, 6.07) is 7.92. The third-order valence-electron chi connectivity index (χ3n) is 5.53. The van der Waals surface area contributed by atoms with Crippen molar-refractivity contribution in [1.82, 2.24) is 4.57 Å². The summed E-state index contributed by atoms with van der Waals surface area (Å²) in [5.74, 6) is -0.406. The maximum atomic E-state index is 14.1. The van der Waals surface area contributed by atoms with Crippen LogP contribution in [-0.4, -0.2) is 4.57 Å². The molecule has 0 amide bonds. The predicted octanol–water partition coefficient (Wildman–Crippen LogP) is 6.06. The second kappa shape index (κ2) is 9.71. The number of allylic oxidation sites excluding steroid dienone is 2. The number of benzene rings is 2. The van der Waals surface area contributed by atoms with Gasteiger partial charge in [0.05, 0.1) is 5.56 Å². The van der Waals surface area contributed by atoms with E-state index in [2.05, 4.69) is 6.58 Å². The first kappa shape index (κ1) is 25.0. The Labute approximate surface area is 193 Å². The van der Waals surface area contributed by atoms with Crippen LogP contribution in [0.3, 0.4) is 0 Å². The molecule has 0 bridgehead atoms. The molecule has 7 heteroatoms. The normalized spacial score (nSPS) is 12.5. The lowest BCUT2D eigenvalue weighted by Gasteiger charge is -2.11. The van der Waals surface area contributed by atoms with E-state index in [1.807, 2.05) is 13.8 Å². The number of aromatic nitrogens is 1. The van der Waals surface area contributed by atoms with Crippen molar-refractivity contribution >= 4 is 34.5 Å². The number of halogens is 4. The monoisotopic (exact) mass is 471 g/mol. The Kier molecular flexibility index (Phi) is 7.15. The van der Waals surface area contributed by atoms with Gasteiger partial charge >= 0.3 is 11.8 Å². The van der Waals surface area contributed by atoms with Crippen LogP contribution in [0.4, 0.5) is 17.6 Å². The number of nitrogens with zero attached hydrogens (tertiary/aromatic N) is 1. The van der Waals surface area contributed by atoms with E-state index in [0.29, 0.717) is 27.2 Å². The Morgan fingerprint density at radius 1 is 1.15 bits per heavy atom. The Bertz CT molecular complexity index is 1560. The van der Waals surface area contributed by atoms with Crippen LogP contribution in [0.15, 0.2) is 57.8 Å². The second-order valence-corrected chi connectivity index (χ2v) is 7.48. The average Bonchev–Trinajstić information content (AvgIpc) is 3.11. The molecule has 0 saturated carbocycles. The molecule has 3 nitrogen and oxygen atoms in total. The van der Waals surface area contributed by atoms with Crippen LogP contribution in [0.1, 0.15) is 37.5 Å². The number of fused-ring (bicyclic) bond motifs is 3. The van der Waals surface area contributed by atoms with E-state index >= 15 is 0 Å². The molecule has 0 N–H and O–H groups in total. The summed E-state index contributed by atoms with van der Waals surface area (Å²) in [4.78, 5) is 12.9.